The van der Waals surface area contributed by atoms with Crippen molar-refractivity contribution in [2.45, 2.75) is 0 Å². The van der Waals surface area contributed by atoms with Crippen LogP contribution in [0.25, 0.3) is 125 Å². The summed E-state index contributed by atoms with van der Waals surface area (Å²) in [6.07, 6.45) is 0. The summed E-state index contributed by atoms with van der Waals surface area (Å²) in [5.41, 5.74) is 15.5. The van der Waals surface area contributed by atoms with Crippen molar-refractivity contribution >= 4 is 96.9 Å². The molecule has 10 aromatic carbocycles. The zero-order valence-electron chi connectivity index (χ0n) is 34.6. The molecule has 0 atom stereocenters. The highest BCUT2D eigenvalue weighted by Crippen LogP contribution is 2.46. The molecule has 14 aromatic rings. The molecule has 0 radical (unpaired) electrons. The summed E-state index contributed by atoms with van der Waals surface area (Å²) in [5, 5.41) is 10.0. The molecule has 0 unspecified atom stereocenters. The van der Waals surface area contributed by atoms with Crippen LogP contribution in [0.2, 0.25) is 0 Å². The van der Waals surface area contributed by atoms with E-state index in [1.807, 2.05) is 11.3 Å². The molecule has 0 aliphatic rings. The maximum absolute atomic E-state index is 2.56. The number of nitrogens with zero attached hydrogens (tertiary/aromatic N) is 3. The molecule has 14 rings (SSSR count). The van der Waals surface area contributed by atoms with Crippen molar-refractivity contribution < 1.29 is 0 Å². The number of hydrogen-bond acceptors (Lipinski definition) is 1. The second kappa shape index (κ2) is 13.7. The van der Waals surface area contributed by atoms with Crippen LogP contribution in [-0.4, -0.2) is 13.7 Å². The molecule has 0 spiro atoms. The Morgan fingerprint density at radius 2 is 0.734 bits per heavy atom. The van der Waals surface area contributed by atoms with Gasteiger partial charge in [-0.05, 0) is 83.4 Å². The normalized spacial score (nSPS) is 12.1. The number of aromatic nitrogens is 3. The Balaban J connectivity index is 1.03. The summed E-state index contributed by atoms with van der Waals surface area (Å²) in [4.78, 5) is 0. The van der Waals surface area contributed by atoms with Gasteiger partial charge in [-0.15, -0.1) is 11.3 Å². The fourth-order valence-electron chi connectivity index (χ4n) is 10.7. The van der Waals surface area contributed by atoms with Crippen LogP contribution in [0.4, 0.5) is 0 Å². The van der Waals surface area contributed by atoms with Crippen LogP contribution in [0.3, 0.4) is 0 Å². The van der Waals surface area contributed by atoms with Crippen LogP contribution in [0, 0.1) is 0 Å². The molecule has 0 fully saturated rings. The molecule has 0 saturated carbocycles. The van der Waals surface area contributed by atoms with Gasteiger partial charge in [0, 0.05) is 69.4 Å². The fourth-order valence-corrected chi connectivity index (χ4v) is 11.8. The summed E-state index contributed by atoms with van der Waals surface area (Å²) in [6.45, 7) is 0. The van der Waals surface area contributed by atoms with E-state index in [0.717, 1.165) is 11.4 Å². The molecule has 298 valence electrons. The van der Waals surface area contributed by atoms with Gasteiger partial charge in [0.15, 0.2) is 0 Å². The van der Waals surface area contributed by atoms with Gasteiger partial charge in [0.05, 0.1) is 38.8 Å². The van der Waals surface area contributed by atoms with Crippen molar-refractivity contribution in [1.82, 2.24) is 13.7 Å². The second-order valence-electron chi connectivity index (χ2n) is 16.9. The van der Waals surface area contributed by atoms with Crippen LogP contribution < -0.4 is 0 Å². The predicted molar refractivity (Wildman–Crippen MR) is 273 cm³/mol. The molecular weight excluding hydrogens is 795 g/mol. The number of fused-ring (bicyclic) bond motifs is 12. The van der Waals surface area contributed by atoms with Crippen LogP contribution in [0.15, 0.2) is 224 Å². The van der Waals surface area contributed by atoms with Gasteiger partial charge in [-0.1, -0.05) is 158 Å². The summed E-state index contributed by atoms with van der Waals surface area (Å²) in [5.74, 6) is 0. The second-order valence-corrected chi connectivity index (χ2v) is 17.9. The van der Waals surface area contributed by atoms with Gasteiger partial charge in [-0.3, -0.25) is 0 Å². The van der Waals surface area contributed by atoms with Crippen LogP contribution in [0.5, 0.6) is 0 Å². The Morgan fingerprint density at radius 3 is 1.39 bits per heavy atom. The predicted octanol–water partition coefficient (Wildman–Crippen LogP) is 16.7. The van der Waals surface area contributed by atoms with Crippen LogP contribution in [0.1, 0.15) is 0 Å². The van der Waals surface area contributed by atoms with Gasteiger partial charge in [0.1, 0.15) is 0 Å². The first-order valence-corrected chi connectivity index (χ1v) is 22.7. The number of thiophene rings is 1. The minimum absolute atomic E-state index is 1.13. The Labute approximate surface area is 372 Å². The molecule has 0 N–H and O–H groups in total. The Bertz CT molecular complexity index is 4130. The lowest BCUT2D eigenvalue weighted by molar-refractivity contribution is 1.16. The third-order valence-corrected chi connectivity index (χ3v) is 14.6. The van der Waals surface area contributed by atoms with E-state index < -0.39 is 0 Å². The van der Waals surface area contributed by atoms with E-state index in [0.29, 0.717) is 0 Å². The van der Waals surface area contributed by atoms with Crippen molar-refractivity contribution in [3.8, 4) is 39.3 Å². The van der Waals surface area contributed by atoms with Crippen LogP contribution in [-0.2, 0) is 0 Å². The number of benzene rings is 10. The van der Waals surface area contributed by atoms with E-state index in [-0.39, 0.29) is 0 Å². The van der Waals surface area contributed by atoms with Gasteiger partial charge in [0.25, 0.3) is 0 Å². The molecule has 0 amide bonds. The van der Waals surface area contributed by atoms with Crippen molar-refractivity contribution in [2.75, 3.05) is 0 Å². The molecule has 0 aliphatic heterocycles. The molecule has 4 aromatic heterocycles. The number of rotatable bonds is 5. The Kier molecular flexibility index (Phi) is 7.56. The zero-order chi connectivity index (χ0) is 41.9. The van der Waals surface area contributed by atoms with E-state index in [1.165, 1.54) is 114 Å². The summed E-state index contributed by atoms with van der Waals surface area (Å²) >= 11 is 1.87. The van der Waals surface area contributed by atoms with Gasteiger partial charge in [0.2, 0.25) is 0 Å². The molecular formula is C60H37N3S. The van der Waals surface area contributed by atoms with Crippen molar-refractivity contribution in [1.29, 1.82) is 0 Å². The lowest BCUT2D eigenvalue weighted by Crippen LogP contribution is -2.00. The monoisotopic (exact) mass is 831 g/mol. The molecule has 64 heavy (non-hydrogen) atoms. The Hall–Kier alpha value is -8.18. The lowest BCUT2D eigenvalue weighted by atomic mass is 9.97. The minimum atomic E-state index is 1.13. The van der Waals surface area contributed by atoms with Gasteiger partial charge in [-0.25, -0.2) is 0 Å². The molecule has 0 bridgehead atoms. The van der Waals surface area contributed by atoms with Crippen molar-refractivity contribution in [3.05, 3.63) is 224 Å². The smallest absolute Gasteiger partial charge is 0.0633 e. The summed E-state index contributed by atoms with van der Waals surface area (Å²) in [7, 11) is 0. The molecule has 0 saturated heterocycles. The highest BCUT2D eigenvalue weighted by Gasteiger charge is 2.23. The first-order chi connectivity index (χ1) is 31.8. The van der Waals surface area contributed by atoms with E-state index in [4.69, 9.17) is 0 Å². The number of para-hydroxylation sites is 4. The lowest BCUT2D eigenvalue weighted by Gasteiger charge is -2.17. The first kappa shape index (κ1) is 35.4. The average Bonchev–Trinajstić information content (AvgIpc) is 4.10. The Morgan fingerprint density at radius 1 is 0.266 bits per heavy atom. The standard InChI is InChI=1S/C60H37N3S/c1-2-14-38(15-3-1)39-26-28-40(29-27-39)43-33-35-58-59(49-20-8-13-25-57(49)64-58)60(43)63-54-24-12-6-18-46(54)48-32-30-42(37-56(48)63)62-53-23-11-7-19-47(53)50-36-41(31-34-55(50)62)61-51-21-9-4-16-44(51)45-17-5-10-22-52(45)61/h1-37H. The number of hydrogen-bond donors (Lipinski definition) is 0. The van der Waals surface area contributed by atoms with E-state index in [1.54, 1.807) is 0 Å². The topological polar surface area (TPSA) is 14.8 Å². The fraction of sp³-hybridized carbons (Fsp3) is 0. The highest BCUT2D eigenvalue weighted by molar-refractivity contribution is 7.25. The zero-order valence-corrected chi connectivity index (χ0v) is 35.4. The largest absolute Gasteiger partial charge is 0.309 e. The quantitative estimate of drug-likeness (QED) is 0.164. The molecule has 3 nitrogen and oxygen atoms in total. The maximum Gasteiger partial charge on any atom is 0.0633 e. The van der Waals surface area contributed by atoms with Gasteiger partial charge >= 0.3 is 0 Å². The average molecular weight is 832 g/mol. The van der Waals surface area contributed by atoms with E-state index in [9.17, 15) is 0 Å². The maximum atomic E-state index is 2.56. The third-order valence-electron chi connectivity index (χ3n) is 13.5. The van der Waals surface area contributed by atoms with E-state index >= 15 is 0 Å². The van der Waals surface area contributed by atoms with Gasteiger partial charge in [-0.2, -0.15) is 0 Å². The third kappa shape index (κ3) is 5.09. The molecule has 4 heteroatoms. The van der Waals surface area contributed by atoms with Crippen LogP contribution >= 0.6 is 11.3 Å². The molecule has 0 aliphatic carbocycles. The van der Waals surface area contributed by atoms with Crippen molar-refractivity contribution in [3.63, 3.8) is 0 Å². The van der Waals surface area contributed by atoms with Gasteiger partial charge < -0.3 is 13.7 Å². The summed E-state index contributed by atoms with van der Waals surface area (Å²) in [6, 6.07) is 82.8. The van der Waals surface area contributed by atoms with Crippen molar-refractivity contribution in [2.24, 2.45) is 0 Å². The summed E-state index contributed by atoms with van der Waals surface area (Å²) < 4.78 is 10.0. The first-order valence-electron chi connectivity index (χ1n) is 21.9. The molecule has 4 heterocycles. The van der Waals surface area contributed by atoms with E-state index in [2.05, 4.69) is 238 Å². The highest BCUT2D eigenvalue weighted by atomic mass is 32.1. The SMILES string of the molecule is c1ccc(-c2ccc(-c3ccc4sc5ccccc5c4c3-n3c4ccccc4c4ccc(-n5c6ccccc6c6cc(-n7c8ccccc8c8ccccc87)ccc65)cc43)cc2)cc1. The minimum Gasteiger partial charge on any atom is -0.309 e.